The van der Waals surface area contributed by atoms with E-state index in [2.05, 4.69) is 15.9 Å². The molecule has 0 fully saturated rings. The Bertz CT molecular complexity index is 449. The summed E-state index contributed by atoms with van der Waals surface area (Å²) in [7, 11) is -4.84. The number of thiophene rings is 1. The summed E-state index contributed by atoms with van der Waals surface area (Å²) in [6.45, 7) is 0. The van der Waals surface area contributed by atoms with Crippen LogP contribution in [0, 0.1) is 0 Å². The van der Waals surface area contributed by atoms with Crippen LogP contribution in [0.3, 0.4) is 0 Å². The van der Waals surface area contributed by atoms with Crippen LogP contribution in [-0.4, -0.2) is 19.5 Å². The highest BCUT2D eigenvalue weighted by Gasteiger charge is 2.22. The molecule has 0 bridgehead atoms. The Morgan fingerprint density at radius 3 is 2.38 bits per heavy atom. The fourth-order valence-corrected chi connectivity index (χ4v) is 3.41. The van der Waals surface area contributed by atoms with Crippen LogP contribution in [0.4, 0.5) is 3.89 Å². The molecule has 0 aliphatic heterocycles. The van der Waals surface area contributed by atoms with Crippen LogP contribution in [0.15, 0.2) is 14.7 Å². The summed E-state index contributed by atoms with van der Waals surface area (Å²) in [6, 6.07) is 1.04. The van der Waals surface area contributed by atoms with E-state index in [1.807, 2.05) is 0 Å². The number of aromatic carboxylic acids is 1. The lowest BCUT2D eigenvalue weighted by atomic mass is 10.5. The fourth-order valence-electron chi connectivity index (χ4n) is 0.624. The molecular formula is C5H2BrFO4S2. The van der Waals surface area contributed by atoms with Crippen LogP contribution in [0.25, 0.3) is 0 Å². The monoisotopic (exact) mass is 288 g/mol. The van der Waals surface area contributed by atoms with Crippen molar-refractivity contribution in [2.45, 2.75) is 4.21 Å². The Kier molecular flexibility index (Phi) is 2.74. The van der Waals surface area contributed by atoms with Gasteiger partial charge < -0.3 is 5.11 Å². The molecule has 72 valence electrons. The largest absolute Gasteiger partial charge is 0.477 e. The van der Waals surface area contributed by atoms with E-state index in [1.54, 1.807) is 0 Å². The summed E-state index contributed by atoms with van der Waals surface area (Å²) in [4.78, 5) is 10.1. The Hall–Kier alpha value is -0.470. The molecule has 0 aromatic carbocycles. The zero-order chi connectivity index (χ0) is 10.2. The number of hydrogen-bond donors (Lipinski definition) is 1. The lowest BCUT2D eigenvalue weighted by Gasteiger charge is -1.86. The van der Waals surface area contributed by atoms with Crippen molar-refractivity contribution >= 4 is 43.5 Å². The molecular weight excluding hydrogens is 287 g/mol. The minimum atomic E-state index is -4.84. The number of carboxylic acids is 1. The Balaban J connectivity index is 3.35. The summed E-state index contributed by atoms with van der Waals surface area (Å²) >= 11 is 3.11. The minimum Gasteiger partial charge on any atom is -0.477 e. The molecule has 13 heavy (non-hydrogen) atoms. The highest BCUT2D eigenvalue weighted by atomic mass is 79.9. The fraction of sp³-hybridized carbons (Fsp3) is 0. The van der Waals surface area contributed by atoms with Crippen molar-refractivity contribution in [3.63, 3.8) is 0 Å². The molecule has 1 aromatic heterocycles. The first-order chi connectivity index (χ1) is 5.82. The second-order valence-corrected chi connectivity index (χ2v) is 5.44. The van der Waals surface area contributed by atoms with Gasteiger partial charge in [-0.1, -0.05) is 3.89 Å². The van der Waals surface area contributed by atoms with Crippen molar-refractivity contribution in [3.05, 3.63) is 15.4 Å². The third-order valence-electron chi connectivity index (χ3n) is 1.09. The third kappa shape index (κ3) is 2.26. The molecule has 1 heterocycles. The average Bonchev–Trinajstić information content (AvgIpc) is 2.29. The maximum Gasteiger partial charge on any atom is 0.345 e. The molecule has 0 aliphatic rings. The van der Waals surface area contributed by atoms with Gasteiger partial charge in [0, 0.05) is 0 Å². The first-order valence-electron chi connectivity index (χ1n) is 2.79. The van der Waals surface area contributed by atoms with Crippen molar-refractivity contribution < 1.29 is 22.2 Å². The first kappa shape index (κ1) is 10.6. The second-order valence-electron chi connectivity index (χ2n) is 1.99. The standard InChI is InChI=1S/C5H2BrFO4S2/c6-2-1-3(4(8)9)12-5(2)13(7,10)11/h1H,(H,8,9). The van der Waals surface area contributed by atoms with E-state index in [4.69, 9.17) is 5.11 Å². The zero-order valence-electron chi connectivity index (χ0n) is 5.82. The van der Waals surface area contributed by atoms with Crippen molar-refractivity contribution in [2.24, 2.45) is 0 Å². The summed E-state index contributed by atoms with van der Waals surface area (Å²) in [6.07, 6.45) is 0. The molecule has 0 atom stereocenters. The molecule has 1 aromatic rings. The number of carboxylic acid groups (broad SMARTS) is 1. The van der Waals surface area contributed by atoms with E-state index in [0.717, 1.165) is 6.07 Å². The quantitative estimate of drug-likeness (QED) is 0.844. The van der Waals surface area contributed by atoms with E-state index in [9.17, 15) is 17.1 Å². The first-order valence-corrected chi connectivity index (χ1v) is 5.79. The van der Waals surface area contributed by atoms with Gasteiger partial charge in [-0.2, -0.15) is 8.42 Å². The number of carbonyl (C=O) groups is 1. The average molecular weight is 289 g/mol. The van der Waals surface area contributed by atoms with Crippen molar-refractivity contribution in [1.82, 2.24) is 0 Å². The lowest BCUT2D eigenvalue weighted by Crippen LogP contribution is -1.90. The number of rotatable bonds is 2. The van der Waals surface area contributed by atoms with Crippen LogP contribution in [0.5, 0.6) is 0 Å². The topological polar surface area (TPSA) is 71.4 Å². The van der Waals surface area contributed by atoms with Gasteiger partial charge in [0.1, 0.15) is 4.88 Å². The molecule has 4 nitrogen and oxygen atoms in total. The van der Waals surface area contributed by atoms with Crippen LogP contribution < -0.4 is 0 Å². The normalized spacial score (nSPS) is 11.5. The van der Waals surface area contributed by atoms with E-state index in [-0.39, 0.29) is 9.35 Å². The number of halogens is 2. The van der Waals surface area contributed by atoms with E-state index in [1.165, 1.54) is 0 Å². The van der Waals surface area contributed by atoms with Crippen LogP contribution in [-0.2, 0) is 10.2 Å². The predicted molar refractivity (Wildman–Crippen MR) is 47.3 cm³/mol. The van der Waals surface area contributed by atoms with Crippen LogP contribution >= 0.6 is 27.3 Å². The molecule has 8 heteroatoms. The lowest BCUT2D eigenvalue weighted by molar-refractivity contribution is 0.0702. The highest BCUT2D eigenvalue weighted by Crippen LogP contribution is 2.32. The molecule has 0 spiro atoms. The van der Waals surface area contributed by atoms with E-state index >= 15 is 0 Å². The zero-order valence-corrected chi connectivity index (χ0v) is 9.04. The maximum atomic E-state index is 12.4. The Morgan fingerprint density at radius 2 is 2.15 bits per heavy atom. The second kappa shape index (κ2) is 3.35. The van der Waals surface area contributed by atoms with Crippen molar-refractivity contribution in [1.29, 1.82) is 0 Å². The summed E-state index contributed by atoms with van der Waals surface area (Å²) in [5.41, 5.74) is 0. The minimum absolute atomic E-state index is 0.0719. The highest BCUT2D eigenvalue weighted by molar-refractivity contribution is 9.10. The molecule has 1 rings (SSSR count). The molecule has 0 radical (unpaired) electrons. The van der Waals surface area contributed by atoms with Gasteiger partial charge in [0.2, 0.25) is 0 Å². The Morgan fingerprint density at radius 1 is 1.62 bits per heavy atom. The van der Waals surface area contributed by atoms with E-state index < -0.39 is 20.4 Å². The van der Waals surface area contributed by atoms with Gasteiger partial charge in [0.05, 0.1) is 4.47 Å². The molecule has 1 N–H and O–H groups in total. The van der Waals surface area contributed by atoms with Gasteiger partial charge in [-0.25, -0.2) is 4.79 Å². The van der Waals surface area contributed by atoms with Crippen LogP contribution in [0.1, 0.15) is 9.67 Å². The molecule has 0 saturated carbocycles. The van der Waals surface area contributed by atoms with Crippen molar-refractivity contribution in [3.8, 4) is 0 Å². The third-order valence-corrected chi connectivity index (χ3v) is 4.67. The van der Waals surface area contributed by atoms with Crippen molar-refractivity contribution in [2.75, 3.05) is 0 Å². The van der Waals surface area contributed by atoms with Gasteiger partial charge in [0.15, 0.2) is 4.21 Å². The van der Waals surface area contributed by atoms with Gasteiger partial charge in [-0.3, -0.25) is 0 Å². The van der Waals surface area contributed by atoms with Gasteiger partial charge in [-0.15, -0.1) is 11.3 Å². The molecule has 0 unspecified atom stereocenters. The van der Waals surface area contributed by atoms with Gasteiger partial charge in [0.25, 0.3) is 0 Å². The predicted octanol–water partition coefficient (Wildman–Crippen LogP) is 1.87. The summed E-state index contributed by atoms with van der Waals surface area (Å²) in [5, 5.41) is 8.46. The number of hydrogen-bond acceptors (Lipinski definition) is 4. The van der Waals surface area contributed by atoms with Gasteiger partial charge in [-0.05, 0) is 22.0 Å². The summed E-state index contributed by atoms with van der Waals surface area (Å²) in [5.74, 6) is -1.29. The van der Waals surface area contributed by atoms with Crippen LogP contribution in [0.2, 0.25) is 0 Å². The molecule has 0 aliphatic carbocycles. The smallest absolute Gasteiger partial charge is 0.345 e. The molecule has 0 saturated heterocycles. The SMILES string of the molecule is O=C(O)c1cc(Br)c(S(=O)(=O)F)s1. The molecule has 0 amide bonds. The Labute approximate surface area is 85.3 Å². The van der Waals surface area contributed by atoms with Gasteiger partial charge >= 0.3 is 16.2 Å². The summed E-state index contributed by atoms with van der Waals surface area (Å²) < 4.78 is 32.5. The van der Waals surface area contributed by atoms with E-state index in [0.29, 0.717) is 11.3 Å². The maximum absolute atomic E-state index is 12.4.